The summed E-state index contributed by atoms with van der Waals surface area (Å²) in [6, 6.07) is 2.03. The van der Waals surface area contributed by atoms with Crippen LogP contribution in [0.4, 0.5) is 0 Å². The fraction of sp³-hybridized carbons (Fsp3) is 0.643. The molecule has 0 aromatic carbocycles. The molecular formula is C14H19NO2S. The number of carbonyl (C=O) groups excluding carboxylic acids is 1. The van der Waals surface area contributed by atoms with E-state index in [4.69, 9.17) is 4.74 Å². The highest BCUT2D eigenvalue weighted by Crippen LogP contribution is 2.33. The summed E-state index contributed by atoms with van der Waals surface area (Å²) in [7, 11) is 0. The molecule has 0 unspecified atom stereocenters. The molecule has 3 rings (SSSR count). The molecule has 1 amide bonds. The Kier molecular flexibility index (Phi) is 3.39. The van der Waals surface area contributed by atoms with Crippen LogP contribution in [0.25, 0.3) is 0 Å². The first-order valence-corrected chi connectivity index (χ1v) is 7.61. The Hall–Kier alpha value is -0.870. The number of piperidine rings is 1. The van der Waals surface area contributed by atoms with E-state index in [0.717, 1.165) is 31.5 Å². The average Bonchev–Trinajstić information content (AvgIpc) is 2.95. The van der Waals surface area contributed by atoms with E-state index < -0.39 is 0 Å². The van der Waals surface area contributed by atoms with Crippen LogP contribution in [-0.4, -0.2) is 36.1 Å². The first kappa shape index (κ1) is 12.2. The van der Waals surface area contributed by atoms with Gasteiger partial charge in [0, 0.05) is 13.1 Å². The van der Waals surface area contributed by atoms with Gasteiger partial charge in [0.05, 0.1) is 18.6 Å². The second kappa shape index (κ2) is 5.02. The topological polar surface area (TPSA) is 29.5 Å². The van der Waals surface area contributed by atoms with Crippen molar-refractivity contribution >= 4 is 17.2 Å². The lowest BCUT2D eigenvalue weighted by atomic mass is 9.92. The van der Waals surface area contributed by atoms with Crippen LogP contribution in [0.1, 0.15) is 25.3 Å². The zero-order valence-electron chi connectivity index (χ0n) is 10.7. The molecule has 2 aliphatic heterocycles. The van der Waals surface area contributed by atoms with Crippen LogP contribution in [0.3, 0.4) is 0 Å². The van der Waals surface area contributed by atoms with Crippen LogP contribution in [0.5, 0.6) is 0 Å². The van der Waals surface area contributed by atoms with Crippen molar-refractivity contribution < 1.29 is 9.53 Å². The summed E-state index contributed by atoms with van der Waals surface area (Å²) in [5.41, 5.74) is 1.13. The molecular weight excluding hydrogens is 246 g/mol. The summed E-state index contributed by atoms with van der Waals surface area (Å²) in [5.74, 6) is 0.917. The van der Waals surface area contributed by atoms with Crippen molar-refractivity contribution in [3.8, 4) is 0 Å². The van der Waals surface area contributed by atoms with Crippen LogP contribution in [-0.2, 0) is 16.0 Å². The molecule has 0 bridgehead atoms. The molecule has 2 saturated heterocycles. The van der Waals surface area contributed by atoms with Gasteiger partial charge in [0.15, 0.2) is 0 Å². The fourth-order valence-electron chi connectivity index (χ4n) is 3.08. The minimum atomic E-state index is 0.245. The van der Waals surface area contributed by atoms with Crippen molar-refractivity contribution in [3.05, 3.63) is 22.4 Å². The Balaban J connectivity index is 1.59. The lowest BCUT2D eigenvalue weighted by Gasteiger charge is -2.34. The molecule has 0 saturated carbocycles. The number of nitrogens with zero attached hydrogens (tertiary/aromatic N) is 1. The monoisotopic (exact) mass is 265 g/mol. The Bertz CT molecular complexity index is 417. The normalized spacial score (nSPS) is 31.4. The number of hydrogen-bond donors (Lipinski definition) is 0. The number of amides is 1. The summed E-state index contributed by atoms with van der Waals surface area (Å²) < 4.78 is 5.89. The minimum Gasteiger partial charge on any atom is -0.373 e. The molecule has 3 nitrogen and oxygen atoms in total. The number of carbonyl (C=O) groups is 1. The second-order valence-electron chi connectivity index (χ2n) is 5.42. The molecule has 3 heterocycles. The first-order valence-electron chi connectivity index (χ1n) is 6.66. The van der Waals surface area contributed by atoms with E-state index in [1.807, 2.05) is 16.3 Å². The van der Waals surface area contributed by atoms with E-state index in [-0.39, 0.29) is 12.0 Å². The lowest BCUT2D eigenvalue weighted by Crippen LogP contribution is -2.45. The van der Waals surface area contributed by atoms with Gasteiger partial charge in [-0.1, -0.05) is 0 Å². The third-order valence-corrected chi connectivity index (χ3v) is 4.76. The standard InChI is InChI=1S/C14H19NO2S/c1-10-6-12-2-4-15(8-13(12)17-10)14(16)7-11-3-5-18-9-11/h3,5,9-10,12-13H,2,4,6-8H2,1H3/t10-,12-,13+/m1/s1. The molecule has 0 spiro atoms. The number of likely N-dealkylation sites (tertiary alicyclic amines) is 1. The summed E-state index contributed by atoms with van der Waals surface area (Å²) >= 11 is 1.65. The van der Waals surface area contributed by atoms with Gasteiger partial charge in [0.25, 0.3) is 0 Å². The SMILES string of the molecule is C[C@@H]1C[C@H]2CCN(C(=O)Cc3ccsc3)C[C@@H]2O1. The van der Waals surface area contributed by atoms with Gasteiger partial charge in [0.2, 0.25) is 5.91 Å². The van der Waals surface area contributed by atoms with Gasteiger partial charge in [-0.25, -0.2) is 0 Å². The van der Waals surface area contributed by atoms with E-state index in [1.165, 1.54) is 0 Å². The molecule has 4 heteroatoms. The predicted octanol–water partition coefficient (Wildman–Crippen LogP) is 2.32. The van der Waals surface area contributed by atoms with Crippen molar-refractivity contribution in [2.45, 2.75) is 38.4 Å². The van der Waals surface area contributed by atoms with Crippen molar-refractivity contribution in [1.29, 1.82) is 0 Å². The van der Waals surface area contributed by atoms with Crippen molar-refractivity contribution in [2.24, 2.45) is 5.92 Å². The molecule has 1 aromatic heterocycles. The van der Waals surface area contributed by atoms with Gasteiger partial charge >= 0.3 is 0 Å². The highest BCUT2D eigenvalue weighted by molar-refractivity contribution is 7.07. The number of fused-ring (bicyclic) bond motifs is 1. The van der Waals surface area contributed by atoms with Gasteiger partial charge in [-0.05, 0) is 48.1 Å². The van der Waals surface area contributed by atoms with Crippen LogP contribution < -0.4 is 0 Å². The molecule has 0 aliphatic carbocycles. The maximum Gasteiger partial charge on any atom is 0.227 e. The molecule has 98 valence electrons. The highest BCUT2D eigenvalue weighted by atomic mass is 32.1. The van der Waals surface area contributed by atoms with E-state index in [1.54, 1.807) is 11.3 Å². The molecule has 3 atom stereocenters. The first-order chi connectivity index (χ1) is 8.72. The summed E-state index contributed by atoms with van der Waals surface area (Å²) in [4.78, 5) is 14.2. The van der Waals surface area contributed by atoms with Gasteiger partial charge in [-0.2, -0.15) is 11.3 Å². The number of thiophene rings is 1. The van der Waals surface area contributed by atoms with Crippen LogP contribution in [0.2, 0.25) is 0 Å². The molecule has 0 N–H and O–H groups in total. The van der Waals surface area contributed by atoms with Gasteiger partial charge < -0.3 is 9.64 Å². The Morgan fingerprint density at radius 1 is 1.61 bits per heavy atom. The fourth-order valence-corrected chi connectivity index (χ4v) is 3.74. The van der Waals surface area contributed by atoms with Crippen molar-refractivity contribution in [2.75, 3.05) is 13.1 Å². The maximum atomic E-state index is 12.2. The molecule has 18 heavy (non-hydrogen) atoms. The van der Waals surface area contributed by atoms with Gasteiger partial charge in [-0.15, -0.1) is 0 Å². The zero-order valence-corrected chi connectivity index (χ0v) is 11.5. The molecule has 2 aliphatic rings. The minimum absolute atomic E-state index is 0.245. The quantitative estimate of drug-likeness (QED) is 0.821. The summed E-state index contributed by atoms with van der Waals surface area (Å²) in [6.45, 7) is 3.83. The Labute approximate surface area is 112 Å². The van der Waals surface area contributed by atoms with Gasteiger partial charge in [-0.3, -0.25) is 4.79 Å². The third kappa shape index (κ3) is 2.45. The number of ether oxygens (including phenoxy) is 1. The van der Waals surface area contributed by atoms with Crippen LogP contribution >= 0.6 is 11.3 Å². The van der Waals surface area contributed by atoms with E-state index >= 15 is 0 Å². The highest BCUT2D eigenvalue weighted by Gasteiger charge is 2.38. The zero-order chi connectivity index (χ0) is 12.5. The van der Waals surface area contributed by atoms with E-state index in [9.17, 15) is 4.79 Å². The molecule has 2 fully saturated rings. The van der Waals surface area contributed by atoms with E-state index in [2.05, 4.69) is 12.3 Å². The number of rotatable bonds is 2. The Morgan fingerprint density at radius 3 is 3.28 bits per heavy atom. The Morgan fingerprint density at radius 2 is 2.50 bits per heavy atom. The van der Waals surface area contributed by atoms with Crippen LogP contribution in [0, 0.1) is 5.92 Å². The van der Waals surface area contributed by atoms with Gasteiger partial charge in [0.1, 0.15) is 0 Å². The predicted molar refractivity (Wildman–Crippen MR) is 71.7 cm³/mol. The second-order valence-corrected chi connectivity index (χ2v) is 6.20. The smallest absolute Gasteiger partial charge is 0.227 e. The van der Waals surface area contributed by atoms with Crippen molar-refractivity contribution in [1.82, 2.24) is 4.90 Å². The molecule has 1 aromatic rings. The lowest BCUT2D eigenvalue weighted by molar-refractivity contribution is -0.134. The summed E-state index contributed by atoms with van der Waals surface area (Å²) in [5, 5.41) is 4.08. The third-order valence-electron chi connectivity index (χ3n) is 4.03. The maximum absolute atomic E-state index is 12.2. The van der Waals surface area contributed by atoms with E-state index in [0.29, 0.717) is 18.4 Å². The molecule has 0 radical (unpaired) electrons. The number of hydrogen-bond acceptors (Lipinski definition) is 3. The average molecular weight is 265 g/mol. The largest absolute Gasteiger partial charge is 0.373 e. The summed E-state index contributed by atoms with van der Waals surface area (Å²) in [6.07, 6.45) is 3.45. The van der Waals surface area contributed by atoms with Crippen LogP contribution in [0.15, 0.2) is 16.8 Å². The van der Waals surface area contributed by atoms with Crippen molar-refractivity contribution in [3.63, 3.8) is 0 Å².